The van der Waals surface area contributed by atoms with Crippen LogP contribution in [0.15, 0.2) is 24.5 Å². The molecule has 35 heavy (non-hydrogen) atoms. The van der Waals surface area contributed by atoms with Gasteiger partial charge in [-0.25, -0.2) is 24.3 Å². The Morgan fingerprint density at radius 3 is 2.74 bits per heavy atom. The first-order chi connectivity index (χ1) is 16.8. The number of halogens is 3. The van der Waals surface area contributed by atoms with Crippen molar-refractivity contribution in [1.29, 1.82) is 0 Å². The molecule has 0 bridgehead atoms. The van der Waals surface area contributed by atoms with E-state index in [1.165, 1.54) is 4.52 Å². The van der Waals surface area contributed by atoms with Crippen LogP contribution in [0.4, 0.5) is 19.1 Å². The molecule has 3 aromatic heterocycles. The smallest absolute Gasteiger partial charge is 0.399 e. The molecule has 1 saturated heterocycles. The fourth-order valence-electron chi connectivity index (χ4n) is 4.29. The van der Waals surface area contributed by atoms with E-state index in [0.717, 1.165) is 32.2 Å². The molecule has 0 amide bonds. The van der Waals surface area contributed by atoms with Crippen LogP contribution in [0.2, 0.25) is 0 Å². The fourth-order valence-corrected chi connectivity index (χ4v) is 4.29. The van der Waals surface area contributed by atoms with E-state index in [0.29, 0.717) is 41.6 Å². The number of piperidine rings is 1. The maximum atomic E-state index is 12.8. The zero-order valence-corrected chi connectivity index (χ0v) is 18.6. The average Bonchev–Trinajstić information content (AvgIpc) is 3.14. The van der Waals surface area contributed by atoms with Crippen LogP contribution in [0.1, 0.15) is 37.2 Å². The Morgan fingerprint density at radius 1 is 1.23 bits per heavy atom. The first-order valence-corrected chi connectivity index (χ1v) is 11.4. The number of fused-ring (bicyclic) bond motifs is 1. The van der Waals surface area contributed by atoms with E-state index < -0.39 is 18.2 Å². The Hall–Kier alpha value is -3.32. The monoisotopic (exact) mass is 491 g/mol. The highest BCUT2D eigenvalue weighted by atomic mass is 19.4. The third kappa shape index (κ3) is 4.91. The summed E-state index contributed by atoms with van der Waals surface area (Å²) >= 11 is 0. The molecule has 2 aliphatic rings. The minimum atomic E-state index is -5.13. The van der Waals surface area contributed by atoms with Crippen LogP contribution in [-0.4, -0.2) is 67.6 Å². The lowest BCUT2D eigenvalue weighted by Crippen LogP contribution is -2.43. The summed E-state index contributed by atoms with van der Waals surface area (Å²) in [6.07, 6.45) is 0.790. The first-order valence-electron chi connectivity index (χ1n) is 11.4. The SMILES string of the molecule is O=C(Oc1nn2ccc(-c3ccnc(NCC4CCNCC4O)n3)nc2c1C1CCC1)C(F)(F)F. The Labute approximate surface area is 197 Å². The highest BCUT2D eigenvalue weighted by Gasteiger charge is 2.43. The zero-order valence-electron chi connectivity index (χ0n) is 18.6. The summed E-state index contributed by atoms with van der Waals surface area (Å²) in [4.78, 5) is 24.8. The van der Waals surface area contributed by atoms with Crippen molar-refractivity contribution in [3.63, 3.8) is 0 Å². The number of alkyl halides is 3. The van der Waals surface area contributed by atoms with Crippen LogP contribution in [0, 0.1) is 5.92 Å². The van der Waals surface area contributed by atoms with Gasteiger partial charge in [0.1, 0.15) is 0 Å². The minimum Gasteiger partial charge on any atom is -0.399 e. The van der Waals surface area contributed by atoms with Gasteiger partial charge < -0.3 is 20.5 Å². The summed E-state index contributed by atoms with van der Waals surface area (Å²) in [7, 11) is 0. The van der Waals surface area contributed by atoms with E-state index >= 15 is 0 Å². The summed E-state index contributed by atoms with van der Waals surface area (Å²) in [5.41, 5.74) is 1.69. The highest BCUT2D eigenvalue weighted by Crippen LogP contribution is 2.43. The summed E-state index contributed by atoms with van der Waals surface area (Å²) in [6, 6.07) is 3.30. The van der Waals surface area contributed by atoms with Gasteiger partial charge in [0.2, 0.25) is 11.8 Å². The van der Waals surface area contributed by atoms with Gasteiger partial charge in [-0.3, -0.25) is 0 Å². The second-order valence-corrected chi connectivity index (χ2v) is 8.78. The lowest BCUT2D eigenvalue weighted by molar-refractivity contribution is -0.190. The molecule has 1 aliphatic carbocycles. The minimum absolute atomic E-state index is 0.0765. The van der Waals surface area contributed by atoms with Gasteiger partial charge >= 0.3 is 12.1 Å². The maximum Gasteiger partial charge on any atom is 0.491 e. The van der Waals surface area contributed by atoms with Crippen molar-refractivity contribution in [2.45, 2.75) is 43.9 Å². The Balaban J connectivity index is 1.42. The van der Waals surface area contributed by atoms with Crippen LogP contribution in [-0.2, 0) is 4.79 Å². The molecule has 5 rings (SSSR count). The number of carbonyl (C=O) groups is 1. The second-order valence-electron chi connectivity index (χ2n) is 8.78. The van der Waals surface area contributed by atoms with E-state index in [4.69, 9.17) is 0 Å². The summed E-state index contributed by atoms with van der Waals surface area (Å²) in [6.45, 7) is 1.90. The molecule has 1 aliphatic heterocycles. The van der Waals surface area contributed by atoms with Gasteiger partial charge in [-0.05, 0) is 43.9 Å². The molecule has 2 unspecified atom stereocenters. The first kappa shape index (κ1) is 23.4. The predicted octanol–water partition coefficient (Wildman–Crippen LogP) is 2.30. The third-order valence-electron chi connectivity index (χ3n) is 6.45. The Bertz CT molecular complexity index is 1230. The van der Waals surface area contributed by atoms with Crippen molar-refractivity contribution in [1.82, 2.24) is 29.9 Å². The number of nitrogens with zero attached hydrogens (tertiary/aromatic N) is 5. The van der Waals surface area contributed by atoms with Crippen LogP contribution in [0.3, 0.4) is 0 Å². The normalized spacial score (nSPS) is 21.0. The molecule has 4 heterocycles. The second kappa shape index (κ2) is 9.38. The Kier molecular flexibility index (Phi) is 6.28. The number of hydrogen-bond acceptors (Lipinski definition) is 9. The highest BCUT2D eigenvalue weighted by molar-refractivity contribution is 5.79. The van der Waals surface area contributed by atoms with Gasteiger partial charge in [0.05, 0.1) is 23.1 Å². The predicted molar refractivity (Wildman–Crippen MR) is 118 cm³/mol. The number of ether oxygens (including phenoxy) is 1. The molecule has 3 aromatic rings. The number of aromatic nitrogens is 5. The lowest BCUT2D eigenvalue weighted by atomic mass is 9.81. The molecule has 13 heteroatoms. The number of aliphatic hydroxyl groups is 1. The van der Waals surface area contributed by atoms with E-state index in [1.54, 1.807) is 24.5 Å². The number of carbonyl (C=O) groups excluding carboxylic acids is 1. The number of anilines is 1. The number of nitrogens with one attached hydrogen (secondary N) is 2. The zero-order chi connectivity index (χ0) is 24.6. The molecule has 3 N–H and O–H groups in total. The van der Waals surface area contributed by atoms with Gasteiger partial charge in [-0.15, -0.1) is 5.10 Å². The largest absolute Gasteiger partial charge is 0.491 e. The third-order valence-corrected chi connectivity index (χ3v) is 6.45. The molecule has 10 nitrogen and oxygen atoms in total. The van der Waals surface area contributed by atoms with Crippen molar-refractivity contribution < 1.29 is 27.8 Å². The van der Waals surface area contributed by atoms with Gasteiger partial charge in [0.25, 0.3) is 0 Å². The molecular formula is C22H24F3N7O3. The van der Waals surface area contributed by atoms with Crippen LogP contribution in [0.5, 0.6) is 5.88 Å². The fraction of sp³-hybridized carbons (Fsp3) is 0.500. The molecule has 2 atom stereocenters. The molecule has 2 fully saturated rings. The number of esters is 1. The molecule has 1 saturated carbocycles. The van der Waals surface area contributed by atoms with Gasteiger partial charge in [-0.1, -0.05) is 6.42 Å². The van der Waals surface area contributed by atoms with E-state index in [1.807, 2.05) is 0 Å². The van der Waals surface area contributed by atoms with Crippen LogP contribution in [0.25, 0.3) is 17.0 Å². The quantitative estimate of drug-likeness (QED) is 0.445. The van der Waals surface area contributed by atoms with E-state index in [9.17, 15) is 23.1 Å². The standard InChI is InChI=1S/C22H24F3N7O3/c23-22(24,25)20(34)35-19-17(12-2-1-3-12)18-29-15(6-9-32(18)31-19)14-5-8-27-21(30-14)28-10-13-4-7-26-11-16(13)33/h5-6,8-9,12-13,16,26,33H,1-4,7,10-11H2,(H,27,28,30). The van der Waals surface area contributed by atoms with Gasteiger partial charge in [0, 0.05) is 31.4 Å². The molecule has 186 valence electrons. The van der Waals surface area contributed by atoms with Crippen molar-refractivity contribution >= 4 is 17.6 Å². The average molecular weight is 491 g/mol. The van der Waals surface area contributed by atoms with Crippen molar-refractivity contribution in [3.8, 4) is 17.3 Å². The van der Waals surface area contributed by atoms with Crippen LogP contribution >= 0.6 is 0 Å². The van der Waals surface area contributed by atoms with Crippen LogP contribution < -0.4 is 15.4 Å². The topological polar surface area (TPSA) is 127 Å². The molecule has 0 radical (unpaired) electrons. The molecular weight excluding hydrogens is 467 g/mol. The Morgan fingerprint density at radius 2 is 2.03 bits per heavy atom. The lowest BCUT2D eigenvalue weighted by Gasteiger charge is -2.28. The van der Waals surface area contributed by atoms with Crippen molar-refractivity contribution in [2.75, 3.05) is 25.0 Å². The number of hydrogen-bond donors (Lipinski definition) is 3. The molecule has 0 aromatic carbocycles. The van der Waals surface area contributed by atoms with Gasteiger partial charge in [0.15, 0.2) is 5.65 Å². The maximum absolute atomic E-state index is 12.8. The summed E-state index contributed by atoms with van der Waals surface area (Å²) in [5, 5.41) is 20.5. The van der Waals surface area contributed by atoms with Crippen molar-refractivity contribution in [3.05, 3.63) is 30.1 Å². The van der Waals surface area contributed by atoms with E-state index in [2.05, 4.69) is 35.4 Å². The van der Waals surface area contributed by atoms with Gasteiger partial charge in [-0.2, -0.15) is 13.2 Å². The number of β-amino-alcohol motifs (C(OH)–C–C–N with tert-alkyl or cyclic N) is 1. The van der Waals surface area contributed by atoms with Crippen molar-refractivity contribution in [2.24, 2.45) is 5.92 Å². The summed E-state index contributed by atoms with van der Waals surface area (Å²) < 4.78 is 44.3. The molecule has 0 spiro atoms. The number of rotatable bonds is 6. The number of aliphatic hydroxyl groups excluding tert-OH is 1. The summed E-state index contributed by atoms with van der Waals surface area (Å²) in [5.74, 6) is -2.32. The van der Waals surface area contributed by atoms with E-state index in [-0.39, 0.29) is 17.7 Å².